The minimum absolute atomic E-state index is 0.255. The number of hydrogen-bond acceptors (Lipinski definition) is 3. The number of rotatable bonds is 6. The molecule has 0 fully saturated rings. The number of hydrogen-bond donors (Lipinski definition) is 1. The molecule has 0 atom stereocenters. The topological polar surface area (TPSA) is 42.2 Å². The standard InChI is InChI=1S/C12H16FN3/c1-3-5-16(6-4-2)12-10(8-14)7-11(13)9-15-12/h3-4,7,9H,1-2,5-6,8,14H2. The van der Waals surface area contributed by atoms with E-state index < -0.39 is 0 Å². The van der Waals surface area contributed by atoms with Crippen molar-refractivity contribution in [3.05, 3.63) is 49.0 Å². The van der Waals surface area contributed by atoms with E-state index in [1.165, 1.54) is 12.3 Å². The van der Waals surface area contributed by atoms with Crippen LogP contribution in [0.3, 0.4) is 0 Å². The average molecular weight is 221 g/mol. The lowest BCUT2D eigenvalue weighted by Gasteiger charge is -2.22. The van der Waals surface area contributed by atoms with Crippen LogP contribution in [0.15, 0.2) is 37.6 Å². The predicted molar refractivity (Wildman–Crippen MR) is 64.7 cm³/mol. The van der Waals surface area contributed by atoms with E-state index in [0.717, 1.165) is 0 Å². The van der Waals surface area contributed by atoms with Crippen LogP contribution >= 0.6 is 0 Å². The molecule has 0 aliphatic rings. The van der Waals surface area contributed by atoms with E-state index in [4.69, 9.17) is 5.73 Å². The van der Waals surface area contributed by atoms with Gasteiger partial charge in [-0.25, -0.2) is 9.37 Å². The third-order valence-corrected chi connectivity index (χ3v) is 2.13. The average Bonchev–Trinajstić information content (AvgIpc) is 2.28. The molecule has 1 aromatic rings. The van der Waals surface area contributed by atoms with Crippen LogP contribution in [0.4, 0.5) is 10.2 Å². The summed E-state index contributed by atoms with van der Waals surface area (Å²) in [7, 11) is 0. The second-order valence-corrected chi connectivity index (χ2v) is 3.32. The highest BCUT2D eigenvalue weighted by Crippen LogP contribution is 2.17. The molecule has 0 unspecified atom stereocenters. The van der Waals surface area contributed by atoms with Gasteiger partial charge in [-0.15, -0.1) is 13.2 Å². The molecule has 16 heavy (non-hydrogen) atoms. The van der Waals surface area contributed by atoms with Crippen molar-refractivity contribution in [3.8, 4) is 0 Å². The van der Waals surface area contributed by atoms with Crippen LogP contribution in [0.2, 0.25) is 0 Å². The summed E-state index contributed by atoms with van der Waals surface area (Å²) in [5.41, 5.74) is 6.25. The van der Waals surface area contributed by atoms with Gasteiger partial charge in [0.25, 0.3) is 0 Å². The van der Waals surface area contributed by atoms with Crippen LogP contribution in [0.25, 0.3) is 0 Å². The molecule has 0 amide bonds. The molecule has 0 bridgehead atoms. The quantitative estimate of drug-likeness (QED) is 0.745. The van der Waals surface area contributed by atoms with Gasteiger partial charge in [0.05, 0.1) is 6.20 Å². The highest BCUT2D eigenvalue weighted by molar-refractivity contribution is 5.48. The van der Waals surface area contributed by atoms with Gasteiger partial charge in [0.2, 0.25) is 0 Å². The van der Waals surface area contributed by atoms with Gasteiger partial charge in [0.15, 0.2) is 0 Å². The van der Waals surface area contributed by atoms with Crippen molar-refractivity contribution in [2.75, 3.05) is 18.0 Å². The maximum atomic E-state index is 13.0. The van der Waals surface area contributed by atoms with Gasteiger partial charge in [-0.2, -0.15) is 0 Å². The normalized spacial score (nSPS) is 9.88. The van der Waals surface area contributed by atoms with E-state index in [-0.39, 0.29) is 12.4 Å². The van der Waals surface area contributed by atoms with Crippen LogP contribution in [0.1, 0.15) is 5.56 Å². The molecule has 1 aromatic heterocycles. The van der Waals surface area contributed by atoms with Crippen molar-refractivity contribution in [1.29, 1.82) is 0 Å². The second-order valence-electron chi connectivity index (χ2n) is 3.32. The number of anilines is 1. The predicted octanol–water partition coefficient (Wildman–Crippen LogP) is 1.86. The molecule has 4 heteroatoms. The number of pyridine rings is 1. The van der Waals surface area contributed by atoms with Crippen LogP contribution in [0.5, 0.6) is 0 Å². The fourth-order valence-corrected chi connectivity index (χ4v) is 1.47. The van der Waals surface area contributed by atoms with Crippen molar-refractivity contribution < 1.29 is 4.39 Å². The van der Waals surface area contributed by atoms with Crippen LogP contribution in [0, 0.1) is 5.82 Å². The first-order valence-electron chi connectivity index (χ1n) is 5.04. The van der Waals surface area contributed by atoms with Gasteiger partial charge < -0.3 is 10.6 Å². The van der Waals surface area contributed by atoms with Gasteiger partial charge in [0, 0.05) is 25.2 Å². The van der Waals surface area contributed by atoms with Crippen molar-refractivity contribution in [2.24, 2.45) is 5.73 Å². The van der Waals surface area contributed by atoms with Gasteiger partial charge in [-0.3, -0.25) is 0 Å². The van der Waals surface area contributed by atoms with Crippen molar-refractivity contribution in [3.63, 3.8) is 0 Å². The molecule has 2 N–H and O–H groups in total. The molecule has 0 saturated heterocycles. The Kier molecular flexibility index (Phi) is 4.66. The monoisotopic (exact) mass is 221 g/mol. The summed E-state index contributed by atoms with van der Waals surface area (Å²) in [6.07, 6.45) is 4.71. The van der Waals surface area contributed by atoms with Gasteiger partial charge in [0.1, 0.15) is 11.6 Å². The molecule has 1 rings (SSSR count). The van der Waals surface area contributed by atoms with E-state index in [1.807, 2.05) is 4.90 Å². The Morgan fingerprint density at radius 3 is 2.50 bits per heavy atom. The van der Waals surface area contributed by atoms with Crippen LogP contribution < -0.4 is 10.6 Å². The minimum Gasteiger partial charge on any atom is -0.349 e. The molecule has 0 aromatic carbocycles. The van der Waals surface area contributed by atoms with Crippen molar-refractivity contribution in [2.45, 2.75) is 6.54 Å². The highest BCUT2D eigenvalue weighted by atomic mass is 19.1. The summed E-state index contributed by atoms with van der Waals surface area (Å²) in [5, 5.41) is 0. The minimum atomic E-state index is -0.374. The Hall–Kier alpha value is -1.68. The molecular formula is C12H16FN3. The van der Waals surface area contributed by atoms with E-state index in [0.29, 0.717) is 24.5 Å². The lowest BCUT2D eigenvalue weighted by atomic mass is 10.2. The fourth-order valence-electron chi connectivity index (χ4n) is 1.47. The molecule has 86 valence electrons. The number of nitrogens with zero attached hydrogens (tertiary/aromatic N) is 2. The Morgan fingerprint density at radius 2 is 2.00 bits per heavy atom. The summed E-state index contributed by atoms with van der Waals surface area (Å²) in [5.74, 6) is 0.310. The van der Waals surface area contributed by atoms with E-state index in [1.54, 1.807) is 12.2 Å². The zero-order chi connectivity index (χ0) is 12.0. The van der Waals surface area contributed by atoms with E-state index in [9.17, 15) is 4.39 Å². The molecule has 0 aliphatic carbocycles. The van der Waals surface area contributed by atoms with Crippen molar-refractivity contribution in [1.82, 2.24) is 4.98 Å². The first-order chi connectivity index (χ1) is 7.72. The number of aromatic nitrogens is 1. The fraction of sp³-hybridized carbons (Fsp3) is 0.250. The number of halogens is 1. The maximum Gasteiger partial charge on any atom is 0.141 e. The zero-order valence-corrected chi connectivity index (χ0v) is 9.19. The summed E-state index contributed by atoms with van der Waals surface area (Å²) in [6, 6.07) is 1.40. The number of nitrogens with two attached hydrogens (primary N) is 1. The summed E-state index contributed by atoms with van der Waals surface area (Å²) in [6.45, 7) is 8.84. The van der Waals surface area contributed by atoms with Gasteiger partial charge >= 0.3 is 0 Å². The Balaban J connectivity index is 3.06. The highest BCUT2D eigenvalue weighted by Gasteiger charge is 2.10. The van der Waals surface area contributed by atoms with Gasteiger partial charge in [-0.05, 0) is 6.07 Å². The molecule has 3 nitrogen and oxygen atoms in total. The molecule has 0 aliphatic heterocycles. The first-order valence-corrected chi connectivity index (χ1v) is 5.04. The van der Waals surface area contributed by atoms with E-state index >= 15 is 0 Å². The Bertz CT molecular complexity index is 367. The van der Waals surface area contributed by atoms with Crippen molar-refractivity contribution >= 4 is 5.82 Å². The molecule has 0 spiro atoms. The molecule has 1 heterocycles. The maximum absolute atomic E-state index is 13.0. The van der Waals surface area contributed by atoms with Gasteiger partial charge in [-0.1, -0.05) is 12.2 Å². The summed E-state index contributed by atoms with van der Waals surface area (Å²) < 4.78 is 13.0. The largest absolute Gasteiger partial charge is 0.349 e. The molecular weight excluding hydrogens is 205 g/mol. The van der Waals surface area contributed by atoms with E-state index in [2.05, 4.69) is 18.1 Å². The summed E-state index contributed by atoms with van der Waals surface area (Å²) >= 11 is 0. The first kappa shape index (κ1) is 12.4. The molecule has 0 saturated carbocycles. The lowest BCUT2D eigenvalue weighted by molar-refractivity contribution is 0.617. The van der Waals surface area contributed by atoms with Crippen LogP contribution in [-0.2, 0) is 6.54 Å². The lowest BCUT2D eigenvalue weighted by Crippen LogP contribution is -2.26. The third-order valence-electron chi connectivity index (χ3n) is 2.13. The third kappa shape index (κ3) is 2.90. The Morgan fingerprint density at radius 1 is 1.38 bits per heavy atom. The summed E-state index contributed by atoms with van der Waals surface area (Å²) in [4.78, 5) is 5.99. The molecule has 0 radical (unpaired) electrons. The SMILES string of the molecule is C=CCN(CC=C)c1ncc(F)cc1CN. The van der Waals surface area contributed by atoms with Crippen LogP contribution in [-0.4, -0.2) is 18.1 Å². The Labute approximate surface area is 95.1 Å². The second kappa shape index (κ2) is 6.02. The smallest absolute Gasteiger partial charge is 0.141 e. The zero-order valence-electron chi connectivity index (χ0n) is 9.19.